The van der Waals surface area contributed by atoms with E-state index < -0.39 is 22.7 Å². The molecule has 0 spiro atoms. The quantitative estimate of drug-likeness (QED) is 0.324. The number of rotatable bonds is 4. The molecule has 132 valence electrons. The third-order valence-corrected chi connectivity index (χ3v) is 6.45. The molecule has 0 bridgehead atoms. The number of fused-ring (bicyclic) bond motifs is 3. The molecule has 2 aromatic rings. The number of hydrogen-bond acceptors (Lipinski definition) is 4. The molecule has 5 heteroatoms. The SMILES string of the molecule is CC[C@]1(C(=O)c2ccc(Br)cc2)[C@@H]2c3ccccc3OC(=O)[C@]21C(C)=O. The molecule has 1 heterocycles. The zero-order valence-corrected chi connectivity index (χ0v) is 16.0. The highest BCUT2D eigenvalue weighted by atomic mass is 79.9. The lowest BCUT2D eigenvalue weighted by Gasteiger charge is -2.22. The van der Waals surface area contributed by atoms with Gasteiger partial charge in [-0.15, -0.1) is 0 Å². The first-order valence-corrected chi connectivity index (χ1v) is 9.33. The van der Waals surface area contributed by atoms with Gasteiger partial charge in [-0.25, -0.2) is 0 Å². The summed E-state index contributed by atoms with van der Waals surface area (Å²) >= 11 is 3.36. The van der Waals surface area contributed by atoms with Gasteiger partial charge in [0.1, 0.15) is 16.9 Å². The molecule has 1 aliphatic heterocycles. The van der Waals surface area contributed by atoms with Gasteiger partial charge in [0, 0.05) is 21.5 Å². The Labute approximate surface area is 159 Å². The molecule has 2 aromatic carbocycles. The summed E-state index contributed by atoms with van der Waals surface area (Å²) in [5.41, 5.74) is -1.28. The van der Waals surface area contributed by atoms with E-state index in [2.05, 4.69) is 15.9 Å². The molecule has 26 heavy (non-hydrogen) atoms. The van der Waals surface area contributed by atoms with Gasteiger partial charge in [-0.2, -0.15) is 0 Å². The molecular formula is C21H17BrO4. The second-order valence-electron chi connectivity index (χ2n) is 6.89. The molecule has 2 aliphatic rings. The van der Waals surface area contributed by atoms with Crippen molar-refractivity contribution in [3.8, 4) is 5.75 Å². The van der Waals surface area contributed by atoms with Crippen molar-refractivity contribution in [2.24, 2.45) is 10.8 Å². The number of ether oxygens (including phenoxy) is 1. The zero-order valence-electron chi connectivity index (χ0n) is 14.4. The van der Waals surface area contributed by atoms with Crippen molar-refractivity contribution in [2.75, 3.05) is 0 Å². The number of benzene rings is 2. The van der Waals surface area contributed by atoms with Crippen LogP contribution in [-0.2, 0) is 9.59 Å². The van der Waals surface area contributed by atoms with Crippen molar-refractivity contribution in [2.45, 2.75) is 26.2 Å². The smallest absolute Gasteiger partial charge is 0.326 e. The van der Waals surface area contributed by atoms with Crippen LogP contribution in [0.2, 0.25) is 0 Å². The van der Waals surface area contributed by atoms with Crippen LogP contribution >= 0.6 is 15.9 Å². The van der Waals surface area contributed by atoms with E-state index in [9.17, 15) is 14.4 Å². The van der Waals surface area contributed by atoms with E-state index in [1.807, 2.05) is 19.1 Å². The van der Waals surface area contributed by atoms with Gasteiger partial charge in [0.2, 0.25) is 0 Å². The van der Waals surface area contributed by atoms with Crippen molar-refractivity contribution in [1.82, 2.24) is 0 Å². The number of ketones is 2. The highest BCUT2D eigenvalue weighted by molar-refractivity contribution is 9.10. The Morgan fingerprint density at radius 1 is 1.12 bits per heavy atom. The van der Waals surface area contributed by atoms with Gasteiger partial charge >= 0.3 is 5.97 Å². The van der Waals surface area contributed by atoms with Crippen molar-refractivity contribution < 1.29 is 19.1 Å². The summed E-state index contributed by atoms with van der Waals surface area (Å²) in [6.45, 7) is 3.24. The number of carbonyl (C=O) groups excluding carboxylic acids is 3. The van der Waals surface area contributed by atoms with Crippen molar-refractivity contribution in [1.29, 1.82) is 0 Å². The van der Waals surface area contributed by atoms with Gasteiger partial charge in [-0.05, 0) is 31.5 Å². The Balaban J connectivity index is 1.93. The maximum absolute atomic E-state index is 13.5. The van der Waals surface area contributed by atoms with E-state index >= 15 is 0 Å². The third kappa shape index (κ3) is 1.87. The highest BCUT2D eigenvalue weighted by Gasteiger charge is 2.87. The summed E-state index contributed by atoms with van der Waals surface area (Å²) in [7, 11) is 0. The number of Topliss-reactive ketones (excluding diaryl/α,β-unsaturated/α-hetero) is 2. The largest absolute Gasteiger partial charge is 0.425 e. The topological polar surface area (TPSA) is 60.4 Å². The predicted molar refractivity (Wildman–Crippen MR) is 99.1 cm³/mol. The average molecular weight is 413 g/mol. The van der Waals surface area contributed by atoms with Crippen molar-refractivity contribution in [3.63, 3.8) is 0 Å². The second kappa shape index (κ2) is 5.61. The first kappa shape index (κ1) is 17.2. The average Bonchev–Trinajstić information content (AvgIpc) is 3.29. The lowest BCUT2D eigenvalue weighted by Crippen LogP contribution is -2.38. The van der Waals surface area contributed by atoms with Gasteiger partial charge in [0.05, 0.1) is 5.41 Å². The Bertz CT molecular complexity index is 949. The van der Waals surface area contributed by atoms with Crippen molar-refractivity contribution >= 4 is 33.5 Å². The van der Waals surface area contributed by atoms with E-state index in [1.165, 1.54) is 6.92 Å². The van der Waals surface area contributed by atoms with E-state index in [0.29, 0.717) is 17.7 Å². The Morgan fingerprint density at radius 3 is 2.38 bits per heavy atom. The van der Waals surface area contributed by atoms with Crippen LogP contribution in [0.15, 0.2) is 53.0 Å². The molecule has 1 saturated carbocycles. The summed E-state index contributed by atoms with van der Waals surface area (Å²) in [5, 5.41) is 0. The van der Waals surface area contributed by atoms with E-state index in [-0.39, 0.29) is 11.6 Å². The lowest BCUT2D eigenvalue weighted by molar-refractivity contribution is -0.148. The maximum atomic E-state index is 13.5. The minimum Gasteiger partial charge on any atom is -0.425 e. The first-order valence-electron chi connectivity index (χ1n) is 8.54. The van der Waals surface area contributed by atoms with Gasteiger partial charge < -0.3 is 4.74 Å². The molecule has 0 saturated heterocycles. The van der Waals surface area contributed by atoms with E-state index in [1.54, 1.807) is 36.4 Å². The van der Waals surface area contributed by atoms with Crippen LogP contribution < -0.4 is 4.74 Å². The fourth-order valence-electron chi connectivity index (χ4n) is 4.80. The molecule has 4 nitrogen and oxygen atoms in total. The number of hydrogen-bond donors (Lipinski definition) is 0. The molecule has 0 amide bonds. The zero-order chi connectivity index (χ0) is 18.7. The van der Waals surface area contributed by atoms with Crippen LogP contribution in [0.4, 0.5) is 0 Å². The molecule has 1 aliphatic carbocycles. The molecule has 0 aromatic heterocycles. The van der Waals surface area contributed by atoms with Gasteiger partial charge in [-0.1, -0.05) is 53.2 Å². The summed E-state index contributed by atoms with van der Waals surface area (Å²) in [6.07, 6.45) is 0.385. The van der Waals surface area contributed by atoms with E-state index in [0.717, 1.165) is 10.0 Å². The lowest BCUT2D eigenvalue weighted by atomic mass is 9.81. The van der Waals surface area contributed by atoms with Gasteiger partial charge in [-0.3, -0.25) is 14.4 Å². The summed E-state index contributed by atoms with van der Waals surface area (Å²) in [5.74, 6) is -1.14. The number of halogens is 1. The molecular weight excluding hydrogens is 396 g/mol. The van der Waals surface area contributed by atoms with Crippen LogP contribution in [0.5, 0.6) is 5.75 Å². The molecule has 1 fully saturated rings. The monoisotopic (exact) mass is 412 g/mol. The van der Waals surface area contributed by atoms with Gasteiger partial charge in [0.15, 0.2) is 5.78 Å². The normalized spacial score (nSPS) is 28.6. The number of carbonyl (C=O) groups is 3. The molecule has 3 atom stereocenters. The summed E-state index contributed by atoms with van der Waals surface area (Å²) in [4.78, 5) is 39.1. The van der Waals surface area contributed by atoms with Crippen molar-refractivity contribution in [3.05, 3.63) is 64.1 Å². The van der Waals surface area contributed by atoms with Crippen LogP contribution in [0.25, 0.3) is 0 Å². The van der Waals surface area contributed by atoms with Gasteiger partial charge in [0.25, 0.3) is 0 Å². The Hall–Kier alpha value is -2.27. The fourth-order valence-corrected chi connectivity index (χ4v) is 5.06. The second-order valence-corrected chi connectivity index (χ2v) is 7.80. The Kier molecular flexibility index (Phi) is 3.70. The maximum Gasteiger partial charge on any atom is 0.326 e. The number of esters is 1. The first-order chi connectivity index (χ1) is 12.4. The summed E-state index contributed by atoms with van der Waals surface area (Å²) in [6, 6.07) is 14.2. The summed E-state index contributed by atoms with van der Waals surface area (Å²) < 4.78 is 6.35. The predicted octanol–water partition coefficient (Wildman–Crippen LogP) is 4.32. The van der Waals surface area contributed by atoms with Crippen LogP contribution in [0, 0.1) is 10.8 Å². The molecule has 4 rings (SSSR count). The molecule has 0 unspecified atom stereocenters. The number of para-hydroxylation sites is 1. The molecule has 0 N–H and O–H groups in total. The van der Waals surface area contributed by atoms with Crippen LogP contribution in [0.1, 0.15) is 42.1 Å². The third-order valence-electron chi connectivity index (χ3n) is 5.93. The van der Waals surface area contributed by atoms with Crippen LogP contribution in [-0.4, -0.2) is 17.5 Å². The Morgan fingerprint density at radius 2 is 1.77 bits per heavy atom. The van der Waals surface area contributed by atoms with Crippen LogP contribution in [0.3, 0.4) is 0 Å². The minimum atomic E-state index is -1.43. The molecule has 0 radical (unpaired) electrons. The highest BCUT2D eigenvalue weighted by Crippen LogP contribution is 2.80. The minimum absolute atomic E-state index is 0.179. The fraction of sp³-hybridized carbons (Fsp3) is 0.286. The standard InChI is InChI=1S/C21H17BrO4/c1-3-20(18(24)13-8-10-14(22)11-9-13)17-15-6-4-5-7-16(15)26-19(25)21(17,20)12(2)23/h4-11,17H,3H2,1-2H3/t17-,20+,21-/m0/s1. The van der Waals surface area contributed by atoms with E-state index in [4.69, 9.17) is 4.74 Å².